The Morgan fingerprint density at radius 2 is 1.69 bits per heavy atom. The molecule has 1 fully saturated rings. The van der Waals surface area contributed by atoms with Crippen LogP contribution in [0.4, 0.5) is 5.69 Å². The number of piperazine rings is 1. The standard InChI is InChI=1S/C23H27N5O/c1-2-26-14-16-27(17-15-26)18-19-8-10-20(11-9-19)25-23(29)21-6-3-4-7-22(21)28-13-5-12-24-28/h3-13H,2,14-18H2,1H3,(H,25,29). The van der Waals surface area contributed by atoms with Gasteiger partial charge in [-0.25, -0.2) is 4.68 Å². The predicted octanol–water partition coefficient (Wildman–Crippen LogP) is 3.26. The first-order valence-electron chi connectivity index (χ1n) is 10.2. The number of benzene rings is 2. The van der Waals surface area contributed by atoms with Gasteiger partial charge >= 0.3 is 0 Å². The monoisotopic (exact) mass is 389 g/mol. The first-order valence-corrected chi connectivity index (χ1v) is 10.2. The molecule has 1 saturated heterocycles. The molecule has 1 N–H and O–H groups in total. The van der Waals surface area contributed by atoms with Gasteiger partial charge in [0.15, 0.2) is 0 Å². The van der Waals surface area contributed by atoms with Crippen molar-refractivity contribution >= 4 is 11.6 Å². The van der Waals surface area contributed by atoms with Crippen LogP contribution in [-0.2, 0) is 6.54 Å². The quantitative estimate of drug-likeness (QED) is 0.703. The molecule has 0 atom stereocenters. The number of carbonyl (C=O) groups excluding carboxylic acids is 1. The highest BCUT2D eigenvalue weighted by Crippen LogP contribution is 2.17. The van der Waals surface area contributed by atoms with Gasteiger partial charge in [0.2, 0.25) is 0 Å². The summed E-state index contributed by atoms with van der Waals surface area (Å²) in [6.07, 6.45) is 3.54. The molecule has 1 aliphatic rings. The SMILES string of the molecule is CCN1CCN(Cc2ccc(NC(=O)c3ccccc3-n3cccn3)cc2)CC1. The molecule has 150 valence electrons. The largest absolute Gasteiger partial charge is 0.322 e. The van der Waals surface area contributed by atoms with E-state index in [2.05, 4.69) is 39.3 Å². The second kappa shape index (κ2) is 9.03. The summed E-state index contributed by atoms with van der Waals surface area (Å²) in [5.74, 6) is -0.139. The highest BCUT2D eigenvalue weighted by atomic mass is 16.1. The molecule has 6 nitrogen and oxygen atoms in total. The molecule has 2 heterocycles. The van der Waals surface area contributed by atoms with Gasteiger partial charge in [0.1, 0.15) is 0 Å². The predicted molar refractivity (Wildman–Crippen MR) is 115 cm³/mol. The Labute approximate surface area is 171 Å². The van der Waals surface area contributed by atoms with Crippen molar-refractivity contribution in [2.75, 3.05) is 38.0 Å². The van der Waals surface area contributed by atoms with E-state index in [0.717, 1.165) is 50.6 Å². The third kappa shape index (κ3) is 4.72. The number of para-hydroxylation sites is 1. The van der Waals surface area contributed by atoms with Crippen LogP contribution in [0.1, 0.15) is 22.8 Å². The van der Waals surface area contributed by atoms with E-state index in [0.29, 0.717) is 5.56 Å². The van der Waals surface area contributed by atoms with Gasteiger partial charge in [-0.15, -0.1) is 0 Å². The molecular formula is C23H27N5O. The number of rotatable bonds is 6. The van der Waals surface area contributed by atoms with Crippen LogP contribution < -0.4 is 5.32 Å². The van der Waals surface area contributed by atoms with Crippen molar-refractivity contribution in [3.63, 3.8) is 0 Å². The van der Waals surface area contributed by atoms with Gasteiger partial charge in [-0.1, -0.05) is 31.2 Å². The van der Waals surface area contributed by atoms with Gasteiger partial charge in [0.05, 0.1) is 11.3 Å². The normalized spacial score (nSPS) is 15.3. The van der Waals surface area contributed by atoms with Gasteiger partial charge in [0.25, 0.3) is 5.91 Å². The van der Waals surface area contributed by atoms with Crippen LogP contribution in [0, 0.1) is 0 Å². The highest BCUT2D eigenvalue weighted by molar-refractivity contribution is 6.06. The zero-order valence-electron chi connectivity index (χ0n) is 16.8. The van der Waals surface area contributed by atoms with E-state index in [1.165, 1.54) is 5.56 Å². The minimum absolute atomic E-state index is 0.139. The van der Waals surface area contributed by atoms with Crippen LogP contribution in [0.15, 0.2) is 67.0 Å². The first kappa shape index (κ1) is 19.4. The summed E-state index contributed by atoms with van der Waals surface area (Å²) >= 11 is 0. The van der Waals surface area contributed by atoms with Crippen molar-refractivity contribution in [2.45, 2.75) is 13.5 Å². The molecule has 0 bridgehead atoms. The van der Waals surface area contributed by atoms with Gasteiger partial charge in [-0.05, 0) is 42.4 Å². The molecule has 1 aromatic heterocycles. The van der Waals surface area contributed by atoms with Crippen molar-refractivity contribution in [1.29, 1.82) is 0 Å². The Morgan fingerprint density at radius 3 is 2.38 bits per heavy atom. The fourth-order valence-corrected chi connectivity index (χ4v) is 3.69. The zero-order chi connectivity index (χ0) is 20.1. The minimum atomic E-state index is -0.139. The van der Waals surface area contributed by atoms with Crippen molar-refractivity contribution in [2.24, 2.45) is 0 Å². The summed E-state index contributed by atoms with van der Waals surface area (Å²) in [5, 5.41) is 7.25. The van der Waals surface area contributed by atoms with Gasteiger partial charge < -0.3 is 10.2 Å². The van der Waals surface area contributed by atoms with E-state index in [1.807, 2.05) is 48.7 Å². The number of likely N-dealkylation sites (N-methyl/N-ethyl adjacent to an activating group) is 1. The second-order valence-corrected chi connectivity index (χ2v) is 7.33. The first-order chi connectivity index (χ1) is 14.2. The molecule has 6 heteroatoms. The number of hydrogen-bond acceptors (Lipinski definition) is 4. The molecular weight excluding hydrogens is 362 g/mol. The van der Waals surface area contributed by atoms with Gasteiger partial charge in [0, 0.05) is 50.8 Å². The lowest BCUT2D eigenvalue weighted by molar-refractivity contribution is 0.102. The summed E-state index contributed by atoms with van der Waals surface area (Å²) in [6, 6.07) is 17.5. The maximum Gasteiger partial charge on any atom is 0.257 e. The lowest BCUT2D eigenvalue weighted by atomic mass is 10.1. The van der Waals surface area contributed by atoms with Crippen LogP contribution in [0.3, 0.4) is 0 Å². The number of amides is 1. The Kier molecular flexibility index (Phi) is 6.03. The van der Waals surface area contributed by atoms with E-state index >= 15 is 0 Å². The number of hydrogen-bond donors (Lipinski definition) is 1. The Balaban J connectivity index is 1.39. The summed E-state index contributed by atoms with van der Waals surface area (Å²) in [4.78, 5) is 17.8. The Hall–Kier alpha value is -2.96. The second-order valence-electron chi connectivity index (χ2n) is 7.33. The average Bonchev–Trinajstić information content (AvgIpc) is 3.30. The van der Waals surface area contributed by atoms with Crippen LogP contribution in [-0.4, -0.2) is 58.2 Å². The third-order valence-corrected chi connectivity index (χ3v) is 5.43. The lowest BCUT2D eigenvalue weighted by Crippen LogP contribution is -2.45. The molecule has 0 unspecified atom stereocenters. The van der Waals surface area contributed by atoms with Crippen molar-refractivity contribution in [1.82, 2.24) is 19.6 Å². The van der Waals surface area contributed by atoms with E-state index in [9.17, 15) is 4.79 Å². The molecule has 29 heavy (non-hydrogen) atoms. The molecule has 0 aliphatic carbocycles. The van der Waals surface area contributed by atoms with E-state index in [1.54, 1.807) is 10.9 Å². The lowest BCUT2D eigenvalue weighted by Gasteiger charge is -2.34. The molecule has 1 aliphatic heterocycles. The number of aromatic nitrogens is 2. The highest BCUT2D eigenvalue weighted by Gasteiger charge is 2.16. The Morgan fingerprint density at radius 1 is 0.966 bits per heavy atom. The van der Waals surface area contributed by atoms with Crippen molar-refractivity contribution < 1.29 is 4.79 Å². The number of anilines is 1. The van der Waals surface area contributed by atoms with Crippen LogP contribution >= 0.6 is 0 Å². The summed E-state index contributed by atoms with van der Waals surface area (Å²) in [7, 11) is 0. The number of nitrogens with one attached hydrogen (secondary N) is 1. The maximum absolute atomic E-state index is 12.8. The maximum atomic E-state index is 12.8. The molecule has 0 saturated carbocycles. The van der Waals surface area contributed by atoms with Crippen LogP contribution in [0.25, 0.3) is 5.69 Å². The molecule has 4 rings (SSSR count). The van der Waals surface area contributed by atoms with Crippen molar-refractivity contribution in [3.05, 3.63) is 78.1 Å². The van der Waals surface area contributed by atoms with Crippen molar-refractivity contribution in [3.8, 4) is 5.69 Å². The fourth-order valence-electron chi connectivity index (χ4n) is 3.69. The topological polar surface area (TPSA) is 53.4 Å². The van der Waals surface area contributed by atoms with E-state index < -0.39 is 0 Å². The molecule has 3 aromatic rings. The Bertz CT molecular complexity index is 928. The number of nitrogens with zero attached hydrogens (tertiary/aromatic N) is 4. The zero-order valence-corrected chi connectivity index (χ0v) is 16.8. The summed E-state index contributed by atoms with van der Waals surface area (Å²) in [5.41, 5.74) is 3.42. The molecule has 1 amide bonds. The third-order valence-electron chi connectivity index (χ3n) is 5.43. The van der Waals surface area contributed by atoms with Gasteiger partial charge in [-0.2, -0.15) is 5.10 Å². The van der Waals surface area contributed by atoms with E-state index in [-0.39, 0.29) is 5.91 Å². The number of carbonyl (C=O) groups is 1. The fraction of sp³-hybridized carbons (Fsp3) is 0.304. The van der Waals surface area contributed by atoms with E-state index in [4.69, 9.17) is 0 Å². The van der Waals surface area contributed by atoms with Gasteiger partial charge in [-0.3, -0.25) is 9.69 Å². The minimum Gasteiger partial charge on any atom is -0.322 e. The summed E-state index contributed by atoms with van der Waals surface area (Å²) < 4.78 is 1.70. The van der Waals surface area contributed by atoms with Crippen LogP contribution in [0.2, 0.25) is 0 Å². The smallest absolute Gasteiger partial charge is 0.257 e. The average molecular weight is 390 g/mol. The molecule has 0 spiro atoms. The van der Waals surface area contributed by atoms with Crippen LogP contribution in [0.5, 0.6) is 0 Å². The molecule has 2 aromatic carbocycles. The molecule has 0 radical (unpaired) electrons. The summed E-state index contributed by atoms with van der Waals surface area (Å²) in [6.45, 7) is 8.80.